The summed E-state index contributed by atoms with van der Waals surface area (Å²) in [4.78, 5) is 6.64. The maximum Gasteiger partial charge on any atom is 0.186 e. The van der Waals surface area contributed by atoms with Crippen LogP contribution in [-0.4, -0.2) is 18.1 Å². The van der Waals surface area contributed by atoms with Crippen molar-refractivity contribution < 1.29 is 0 Å². The molecule has 0 aromatic carbocycles. The third kappa shape index (κ3) is 2.30. The van der Waals surface area contributed by atoms with Gasteiger partial charge < -0.3 is 4.90 Å². The molecule has 0 bridgehead atoms. The lowest BCUT2D eigenvalue weighted by Gasteiger charge is -2.16. The van der Waals surface area contributed by atoms with E-state index in [1.165, 1.54) is 0 Å². The highest BCUT2D eigenvalue weighted by molar-refractivity contribution is 14.1. The van der Waals surface area contributed by atoms with Crippen molar-refractivity contribution in [1.29, 1.82) is 0 Å². The zero-order valence-corrected chi connectivity index (χ0v) is 9.65. The van der Waals surface area contributed by atoms with Gasteiger partial charge in [0.15, 0.2) is 5.13 Å². The molecular formula is C7H11IN2S. The topological polar surface area (TPSA) is 16.1 Å². The first-order valence-electron chi connectivity index (χ1n) is 3.63. The van der Waals surface area contributed by atoms with Gasteiger partial charge in [0, 0.05) is 18.5 Å². The molecule has 0 atom stereocenters. The minimum absolute atomic E-state index is 1.04. The first kappa shape index (κ1) is 9.25. The van der Waals surface area contributed by atoms with Gasteiger partial charge in [0.2, 0.25) is 0 Å². The first-order valence-corrected chi connectivity index (χ1v) is 5.59. The highest BCUT2D eigenvalue weighted by Gasteiger charge is 2.04. The number of nitrogens with zero attached hydrogens (tertiary/aromatic N) is 2. The quantitative estimate of drug-likeness (QED) is 0.792. The normalized spacial score (nSPS) is 10.1. The Labute approximate surface area is 84.8 Å². The van der Waals surface area contributed by atoms with Gasteiger partial charge in [-0.15, -0.1) is 11.3 Å². The van der Waals surface area contributed by atoms with Crippen molar-refractivity contribution in [3.8, 4) is 0 Å². The van der Waals surface area contributed by atoms with E-state index in [9.17, 15) is 0 Å². The van der Waals surface area contributed by atoms with Gasteiger partial charge in [-0.25, -0.2) is 4.98 Å². The minimum atomic E-state index is 1.04. The van der Waals surface area contributed by atoms with Gasteiger partial charge in [0.1, 0.15) is 3.70 Å². The van der Waals surface area contributed by atoms with E-state index in [0.717, 1.165) is 21.9 Å². The molecular weight excluding hydrogens is 271 g/mol. The summed E-state index contributed by atoms with van der Waals surface area (Å²) in [7, 11) is 0. The predicted molar refractivity (Wildman–Crippen MR) is 58.4 cm³/mol. The third-order valence-electron chi connectivity index (χ3n) is 1.50. The van der Waals surface area contributed by atoms with Gasteiger partial charge >= 0.3 is 0 Å². The number of hydrogen-bond donors (Lipinski definition) is 0. The summed E-state index contributed by atoms with van der Waals surface area (Å²) in [5.74, 6) is 0. The van der Waals surface area contributed by atoms with E-state index in [1.54, 1.807) is 11.3 Å². The highest BCUT2D eigenvalue weighted by Crippen LogP contribution is 2.20. The van der Waals surface area contributed by atoms with Crippen molar-refractivity contribution in [1.82, 2.24) is 4.98 Å². The van der Waals surface area contributed by atoms with Crippen LogP contribution in [0.5, 0.6) is 0 Å². The molecule has 1 rings (SSSR count). The molecule has 0 saturated heterocycles. The molecule has 0 unspecified atom stereocenters. The molecule has 1 heterocycles. The molecule has 11 heavy (non-hydrogen) atoms. The molecule has 2 nitrogen and oxygen atoms in total. The molecule has 0 saturated carbocycles. The molecule has 0 aliphatic heterocycles. The van der Waals surface area contributed by atoms with E-state index in [0.29, 0.717) is 0 Å². The Kier molecular flexibility index (Phi) is 3.58. The Morgan fingerprint density at radius 2 is 2.18 bits per heavy atom. The average Bonchev–Trinajstić information content (AvgIpc) is 2.39. The maximum absolute atomic E-state index is 4.38. The number of hydrogen-bond acceptors (Lipinski definition) is 3. The van der Waals surface area contributed by atoms with Crippen LogP contribution in [0.3, 0.4) is 0 Å². The smallest absolute Gasteiger partial charge is 0.186 e. The van der Waals surface area contributed by atoms with Crippen molar-refractivity contribution in [2.24, 2.45) is 0 Å². The minimum Gasteiger partial charge on any atom is -0.349 e. The Bertz CT molecular complexity index is 220. The Balaban J connectivity index is 2.73. The van der Waals surface area contributed by atoms with Gasteiger partial charge in [0.05, 0.1) is 0 Å². The molecule has 0 amide bonds. The van der Waals surface area contributed by atoms with Crippen LogP contribution in [0.1, 0.15) is 13.8 Å². The van der Waals surface area contributed by atoms with Crippen molar-refractivity contribution in [2.75, 3.05) is 18.0 Å². The predicted octanol–water partition coefficient (Wildman–Crippen LogP) is 2.59. The molecule has 0 aliphatic carbocycles. The van der Waals surface area contributed by atoms with Crippen molar-refractivity contribution >= 4 is 39.1 Å². The number of aromatic nitrogens is 1. The van der Waals surface area contributed by atoms with E-state index in [1.807, 2.05) is 0 Å². The van der Waals surface area contributed by atoms with E-state index in [4.69, 9.17) is 0 Å². The fraction of sp³-hybridized carbons (Fsp3) is 0.571. The second kappa shape index (κ2) is 4.25. The van der Waals surface area contributed by atoms with E-state index in [2.05, 4.69) is 51.7 Å². The summed E-state index contributed by atoms with van der Waals surface area (Å²) in [5, 5.41) is 3.22. The highest BCUT2D eigenvalue weighted by atomic mass is 127. The van der Waals surface area contributed by atoms with Crippen LogP contribution in [0.15, 0.2) is 5.38 Å². The largest absolute Gasteiger partial charge is 0.349 e. The lowest BCUT2D eigenvalue weighted by molar-refractivity contribution is 0.858. The second-order valence-electron chi connectivity index (χ2n) is 2.13. The number of rotatable bonds is 3. The molecule has 0 radical (unpaired) electrons. The first-order chi connectivity index (χ1) is 5.27. The molecule has 0 aliphatic rings. The summed E-state index contributed by atoms with van der Waals surface area (Å²) >= 11 is 3.95. The molecule has 0 fully saturated rings. The second-order valence-corrected chi connectivity index (χ2v) is 4.07. The summed E-state index contributed by atoms with van der Waals surface area (Å²) in [6, 6.07) is 0. The fourth-order valence-corrected chi connectivity index (χ4v) is 2.47. The van der Waals surface area contributed by atoms with Gasteiger partial charge in [-0.3, -0.25) is 0 Å². The van der Waals surface area contributed by atoms with Gasteiger partial charge in [0.25, 0.3) is 0 Å². The fourth-order valence-electron chi connectivity index (χ4n) is 0.885. The number of anilines is 1. The number of halogens is 1. The lowest BCUT2D eigenvalue weighted by atomic mass is 10.6. The molecule has 0 N–H and O–H groups in total. The van der Waals surface area contributed by atoms with Crippen LogP contribution in [0.25, 0.3) is 0 Å². The van der Waals surface area contributed by atoms with Crippen LogP contribution in [0.2, 0.25) is 0 Å². The Hall–Kier alpha value is 0.160. The van der Waals surface area contributed by atoms with Crippen LogP contribution < -0.4 is 4.90 Å². The Morgan fingerprint density at radius 1 is 1.55 bits per heavy atom. The molecule has 1 aromatic heterocycles. The van der Waals surface area contributed by atoms with E-state index in [-0.39, 0.29) is 0 Å². The van der Waals surface area contributed by atoms with Crippen molar-refractivity contribution in [3.05, 3.63) is 9.08 Å². The van der Waals surface area contributed by atoms with Crippen molar-refractivity contribution in [2.45, 2.75) is 13.8 Å². The van der Waals surface area contributed by atoms with Gasteiger partial charge in [-0.1, -0.05) is 0 Å². The van der Waals surface area contributed by atoms with Gasteiger partial charge in [-0.2, -0.15) is 0 Å². The number of thiazole rings is 1. The van der Waals surface area contributed by atoms with E-state index >= 15 is 0 Å². The van der Waals surface area contributed by atoms with Crippen LogP contribution in [0, 0.1) is 3.70 Å². The van der Waals surface area contributed by atoms with E-state index < -0.39 is 0 Å². The summed E-state index contributed by atoms with van der Waals surface area (Å²) in [6.07, 6.45) is 0. The van der Waals surface area contributed by atoms with Crippen molar-refractivity contribution in [3.63, 3.8) is 0 Å². The maximum atomic E-state index is 4.38. The molecule has 1 aromatic rings. The summed E-state index contributed by atoms with van der Waals surface area (Å²) in [5.41, 5.74) is 0. The van der Waals surface area contributed by atoms with Gasteiger partial charge in [-0.05, 0) is 36.4 Å². The van der Waals surface area contributed by atoms with Crippen LogP contribution >= 0.6 is 33.9 Å². The van der Waals surface area contributed by atoms with Crippen LogP contribution in [0.4, 0.5) is 5.13 Å². The lowest BCUT2D eigenvalue weighted by Crippen LogP contribution is -2.21. The summed E-state index contributed by atoms with van der Waals surface area (Å²) < 4.78 is 1.09. The molecule has 0 spiro atoms. The molecule has 62 valence electrons. The Morgan fingerprint density at radius 3 is 2.55 bits per heavy atom. The molecule has 4 heteroatoms. The monoisotopic (exact) mass is 282 g/mol. The summed E-state index contributed by atoms with van der Waals surface area (Å²) in [6.45, 7) is 6.38. The third-order valence-corrected chi connectivity index (χ3v) is 3.37. The average molecular weight is 282 g/mol. The van der Waals surface area contributed by atoms with Crippen LogP contribution in [-0.2, 0) is 0 Å². The SMILES string of the molecule is CCN(CC)c1nc(I)cs1. The standard InChI is InChI=1S/C7H11IN2S/c1-3-10(4-2)7-9-6(8)5-11-7/h5H,3-4H2,1-2H3. The zero-order chi connectivity index (χ0) is 8.27. The zero-order valence-electron chi connectivity index (χ0n) is 6.67.